The molecule has 1 amide bonds. The first-order valence-corrected chi connectivity index (χ1v) is 12.1. The molecule has 0 radical (unpaired) electrons. The summed E-state index contributed by atoms with van der Waals surface area (Å²) < 4.78 is 29.0. The van der Waals surface area contributed by atoms with E-state index in [2.05, 4.69) is 24.1 Å². The predicted octanol–water partition coefficient (Wildman–Crippen LogP) is 3.86. The normalized spacial score (nSPS) is 22.0. The zero-order valence-corrected chi connectivity index (χ0v) is 19.7. The number of rotatable bonds is 8. The maximum atomic E-state index is 12.6. The summed E-state index contributed by atoms with van der Waals surface area (Å²) in [5.41, 5.74) is 1.33. The van der Waals surface area contributed by atoms with Crippen molar-refractivity contribution >= 4 is 16.7 Å². The largest absolute Gasteiger partial charge is 0.493 e. The molecule has 8 heteroatoms. The molecule has 1 N–H and O–H groups in total. The molecule has 0 aliphatic heterocycles. The van der Waals surface area contributed by atoms with Crippen molar-refractivity contribution in [3.05, 3.63) is 29.7 Å². The number of aromatic nitrogens is 1. The zero-order chi connectivity index (χ0) is 22.5. The van der Waals surface area contributed by atoms with Crippen molar-refractivity contribution in [2.45, 2.75) is 51.8 Å². The number of oxazole rings is 1. The van der Waals surface area contributed by atoms with Crippen LogP contribution in [0.25, 0.3) is 11.5 Å². The molecule has 0 bridgehead atoms. The summed E-state index contributed by atoms with van der Waals surface area (Å²) in [7, 11) is 1.77. The minimum atomic E-state index is -1.37. The van der Waals surface area contributed by atoms with Gasteiger partial charge in [-0.05, 0) is 43.4 Å². The lowest BCUT2D eigenvalue weighted by Crippen LogP contribution is -2.45. The average Bonchev–Trinajstić information content (AvgIpc) is 3.10. The molecule has 0 spiro atoms. The molecule has 7 nitrogen and oxygen atoms in total. The molecular weight excluding hydrogens is 416 g/mol. The van der Waals surface area contributed by atoms with Crippen LogP contribution in [0.2, 0.25) is 0 Å². The van der Waals surface area contributed by atoms with Crippen molar-refractivity contribution in [1.29, 1.82) is 0 Å². The van der Waals surface area contributed by atoms with Crippen LogP contribution in [-0.4, -0.2) is 41.1 Å². The van der Waals surface area contributed by atoms with Crippen molar-refractivity contribution in [3.63, 3.8) is 0 Å². The average molecular weight is 449 g/mol. The standard InChI is InChI=1S/C23H32N2O5S/c1-14-7-6-8-18(15(14)2)24-22(26)13-31(27)12-19-16(3)30-23(25-19)17-9-10-20(28-4)21(11-17)29-5/h9-11,14-15,18H,6-8,12-13H2,1-5H3,(H,24,26)/t14-,15-,18-,31+/m1/s1. The maximum Gasteiger partial charge on any atom is 0.232 e. The Hall–Kier alpha value is -2.35. The quantitative estimate of drug-likeness (QED) is 0.660. The molecule has 0 saturated heterocycles. The third kappa shape index (κ3) is 5.67. The van der Waals surface area contributed by atoms with Gasteiger partial charge in [0.15, 0.2) is 11.5 Å². The molecule has 1 aliphatic carbocycles. The highest BCUT2D eigenvalue weighted by molar-refractivity contribution is 7.84. The van der Waals surface area contributed by atoms with E-state index in [9.17, 15) is 9.00 Å². The third-order valence-corrected chi connectivity index (χ3v) is 7.35. The Bertz CT molecular complexity index is 942. The number of amides is 1. The minimum Gasteiger partial charge on any atom is -0.493 e. The third-order valence-electron chi connectivity index (χ3n) is 6.17. The van der Waals surface area contributed by atoms with Crippen molar-refractivity contribution in [1.82, 2.24) is 10.3 Å². The Labute approximate surface area is 186 Å². The van der Waals surface area contributed by atoms with E-state index in [1.54, 1.807) is 33.3 Å². The van der Waals surface area contributed by atoms with Gasteiger partial charge in [0.1, 0.15) is 11.5 Å². The summed E-state index contributed by atoms with van der Waals surface area (Å²) in [5.74, 6) is 3.21. The topological polar surface area (TPSA) is 90.7 Å². The van der Waals surface area contributed by atoms with Crippen molar-refractivity contribution in [3.8, 4) is 23.0 Å². The van der Waals surface area contributed by atoms with Gasteiger partial charge in [-0.15, -0.1) is 0 Å². The number of hydrogen-bond donors (Lipinski definition) is 1. The highest BCUT2D eigenvalue weighted by Gasteiger charge is 2.28. The molecule has 4 atom stereocenters. The molecular formula is C23H32N2O5S. The lowest BCUT2D eigenvalue weighted by atomic mass is 9.78. The number of nitrogens with zero attached hydrogens (tertiary/aromatic N) is 1. The Morgan fingerprint density at radius 3 is 2.68 bits per heavy atom. The van der Waals surface area contributed by atoms with Gasteiger partial charge in [0, 0.05) is 22.4 Å². The molecule has 1 aromatic carbocycles. The van der Waals surface area contributed by atoms with Crippen LogP contribution in [-0.2, 0) is 21.3 Å². The van der Waals surface area contributed by atoms with Crippen LogP contribution in [0.1, 0.15) is 44.6 Å². The lowest BCUT2D eigenvalue weighted by molar-refractivity contribution is -0.120. The van der Waals surface area contributed by atoms with Crippen LogP contribution < -0.4 is 14.8 Å². The Balaban J connectivity index is 1.62. The van der Waals surface area contributed by atoms with Crippen LogP contribution in [0.4, 0.5) is 0 Å². The fourth-order valence-electron chi connectivity index (χ4n) is 4.04. The van der Waals surface area contributed by atoms with Gasteiger partial charge < -0.3 is 19.2 Å². The molecule has 1 aromatic heterocycles. The van der Waals surface area contributed by atoms with Gasteiger partial charge in [-0.1, -0.05) is 26.7 Å². The summed E-state index contributed by atoms with van der Waals surface area (Å²) in [6, 6.07) is 5.56. The number of nitrogens with one attached hydrogen (secondary N) is 1. The zero-order valence-electron chi connectivity index (χ0n) is 18.9. The van der Waals surface area contributed by atoms with Gasteiger partial charge in [0.25, 0.3) is 0 Å². The fourth-order valence-corrected chi connectivity index (χ4v) is 5.09. The van der Waals surface area contributed by atoms with E-state index in [1.165, 1.54) is 6.42 Å². The van der Waals surface area contributed by atoms with E-state index in [-0.39, 0.29) is 23.5 Å². The van der Waals surface area contributed by atoms with Gasteiger partial charge in [-0.3, -0.25) is 9.00 Å². The molecule has 1 saturated carbocycles. The SMILES string of the molecule is COc1ccc(-c2nc(C[S@](=O)CC(=O)N[C@@H]3CCC[C@@H](C)[C@H]3C)c(C)o2)cc1OC. The van der Waals surface area contributed by atoms with Gasteiger partial charge >= 0.3 is 0 Å². The Morgan fingerprint density at radius 1 is 1.23 bits per heavy atom. The van der Waals surface area contributed by atoms with E-state index in [0.29, 0.717) is 40.7 Å². The summed E-state index contributed by atoms with van der Waals surface area (Å²) in [5, 5.41) is 3.08. The first-order valence-electron chi connectivity index (χ1n) is 10.7. The minimum absolute atomic E-state index is 0.0321. The monoisotopic (exact) mass is 448 g/mol. The molecule has 2 aromatic rings. The molecule has 1 heterocycles. The van der Waals surface area contributed by atoms with Crippen LogP contribution in [0.15, 0.2) is 22.6 Å². The smallest absolute Gasteiger partial charge is 0.232 e. The predicted molar refractivity (Wildman–Crippen MR) is 121 cm³/mol. The number of methoxy groups -OCH3 is 2. The number of hydrogen-bond acceptors (Lipinski definition) is 6. The van der Waals surface area contributed by atoms with Crippen LogP contribution in [0.3, 0.4) is 0 Å². The van der Waals surface area contributed by atoms with Gasteiger partial charge in [-0.25, -0.2) is 4.98 Å². The Morgan fingerprint density at radius 2 is 1.97 bits per heavy atom. The summed E-state index contributed by atoms with van der Waals surface area (Å²) in [6.45, 7) is 6.19. The van der Waals surface area contributed by atoms with Gasteiger partial charge in [0.05, 0.1) is 25.7 Å². The van der Waals surface area contributed by atoms with E-state index >= 15 is 0 Å². The second-order valence-corrected chi connectivity index (χ2v) is 9.72. The first kappa shape index (κ1) is 23.3. The number of carbonyl (C=O) groups is 1. The summed E-state index contributed by atoms with van der Waals surface area (Å²) in [4.78, 5) is 16.9. The van der Waals surface area contributed by atoms with Crippen molar-refractivity contribution in [2.24, 2.45) is 11.8 Å². The van der Waals surface area contributed by atoms with Gasteiger partial charge in [-0.2, -0.15) is 0 Å². The lowest BCUT2D eigenvalue weighted by Gasteiger charge is -2.34. The number of benzene rings is 1. The molecule has 170 valence electrons. The van der Waals surface area contributed by atoms with Crippen LogP contribution >= 0.6 is 0 Å². The highest BCUT2D eigenvalue weighted by Crippen LogP contribution is 2.33. The maximum absolute atomic E-state index is 12.6. The fraction of sp³-hybridized carbons (Fsp3) is 0.565. The van der Waals surface area contributed by atoms with E-state index < -0.39 is 10.8 Å². The second kappa shape index (κ2) is 10.3. The molecule has 1 fully saturated rings. The number of aryl methyl sites for hydroxylation is 1. The molecule has 3 rings (SSSR count). The molecule has 1 aliphatic rings. The first-order chi connectivity index (χ1) is 14.8. The Kier molecular flexibility index (Phi) is 7.75. The van der Waals surface area contributed by atoms with E-state index in [0.717, 1.165) is 18.4 Å². The molecule has 0 unspecified atom stereocenters. The van der Waals surface area contributed by atoms with Crippen LogP contribution in [0, 0.1) is 18.8 Å². The van der Waals surface area contributed by atoms with E-state index in [4.69, 9.17) is 13.9 Å². The number of ether oxygens (including phenoxy) is 2. The van der Waals surface area contributed by atoms with Crippen molar-refractivity contribution in [2.75, 3.05) is 20.0 Å². The molecule has 31 heavy (non-hydrogen) atoms. The summed E-state index contributed by atoms with van der Waals surface area (Å²) in [6.07, 6.45) is 3.31. The summed E-state index contributed by atoms with van der Waals surface area (Å²) >= 11 is 0. The van der Waals surface area contributed by atoms with Crippen LogP contribution in [0.5, 0.6) is 11.5 Å². The second-order valence-electron chi connectivity index (χ2n) is 8.26. The highest BCUT2D eigenvalue weighted by atomic mass is 32.2. The number of carbonyl (C=O) groups excluding carboxylic acids is 1. The van der Waals surface area contributed by atoms with E-state index in [1.807, 2.05) is 6.07 Å². The van der Waals surface area contributed by atoms with Gasteiger partial charge in [0.2, 0.25) is 11.8 Å². The van der Waals surface area contributed by atoms with Crippen molar-refractivity contribution < 1.29 is 22.9 Å².